The van der Waals surface area contributed by atoms with E-state index in [2.05, 4.69) is 35.6 Å². The number of anilines is 1. The Balaban J connectivity index is 1.67. The lowest BCUT2D eigenvalue weighted by Gasteiger charge is -2.31. The zero-order chi connectivity index (χ0) is 22.2. The quantitative estimate of drug-likeness (QED) is 0.432. The van der Waals surface area contributed by atoms with Crippen molar-refractivity contribution in [2.45, 2.75) is 40.0 Å². The Hall–Kier alpha value is -3.47. The van der Waals surface area contributed by atoms with Gasteiger partial charge in [0.2, 0.25) is 0 Å². The average Bonchev–Trinajstić information content (AvgIpc) is 3.34. The van der Waals surface area contributed by atoms with Gasteiger partial charge in [0.1, 0.15) is 17.2 Å². The lowest BCUT2D eigenvalue weighted by Crippen LogP contribution is -2.38. The molecule has 0 bridgehead atoms. The second-order valence-electron chi connectivity index (χ2n) is 8.30. The maximum Gasteiger partial charge on any atom is 0.183 e. The fraction of sp³-hybridized carbons (Fsp3) is 0.350. The van der Waals surface area contributed by atoms with Crippen molar-refractivity contribution in [2.75, 3.05) is 5.32 Å². The molecule has 0 aliphatic heterocycles. The zero-order valence-corrected chi connectivity index (χ0v) is 17.3. The number of fused-ring (bicyclic) bond motifs is 1. The minimum Gasteiger partial charge on any atom is -0.390 e. The lowest BCUT2D eigenvalue weighted by atomic mass is 9.86. The molecule has 0 spiro atoms. The van der Waals surface area contributed by atoms with Crippen LogP contribution in [0.3, 0.4) is 0 Å². The van der Waals surface area contributed by atoms with Gasteiger partial charge >= 0.3 is 0 Å². The first-order valence-corrected chi connectivity index (χ1v) is 9.66. The Kier molecular flexibility index (Phi) is 5.36. The predicted molar refractivity (Wildman–Crippen MR) is 110 cm³/mol. The summed E-state index contributed by atoms with van der Waals surface area (Å²) < 4.78 is 29.9. The van der Waals surface area contributed by atoms with Crippen LogP contribution in [0.15, 0.2) is 30.9 Å². The number of nitrogens with zero attached hydrogens (tertiary/aromatic N) is 6. The number of hydrogen-bond acceptors (Lipinski definition) is 7. The highest BCUT2D eigenvalue weighted by atomic mass is 19.1. The summed E-state index contributed by atoms with van der Waals surface area (Å²) in [5.74, 6) is -0.849. The summed E-state index contributed by atoms with van der Waals surface area (Å²) in [6.07, 6.45) is 5.44. The van der Waals surface area contributed by atoms with E-state index >= 15 is 0 Å². The molecule has 1 atom stereocenters. The highest BCUT2D eigenvalue weighted by Crippen LogP contribution is 2.29. The molecule has 4 rings (SSSR count). The Labute approximate surface area is 176 Å². The van der Waals surface area contributed by atoms with Crippen molar-refractivity contribution in [3.63, 3.8) is 0 Å². The number of aromatic nitrogens is 7. The van der Waals surface area contributed by atoms with E-state index in [0.29, 0.717) is 28.8 Å². The van der Waals surface area contributed by atoms with Crippen LogP contribution in [0.2, 0.25) is 0 Å². The maximum absolute atomic E-state index is 14.6. The first kappa shape index (κ1) is 20.8. The number of H-pyrrole nitrogens is 1. The standard InChI is InChI=1S/C20H22F2N8O/c1-20(2,3)16(9-30-8-12(10-31)28-29-30)26-19-15(22)7-25-18(27-19)14-6-24-17-13(14)4-11(21)5-23-17/h4-8,16,31H,9-10H2,1-3H3,(H,23,24)(H,25,26,27). The molecular weight excluding hydrogens is 406 g/mol. The fourth-order valence-corrected chi connectivity index (χ4v) is 3.15. The lowest BCUT2D eigenvalue weighted by molar-refractivity contribution is 0.276. The van der Waals surface area contributed by atoms with E-state index in [1.807, 2.05) is 20.8 Å². The number of halogens is 2. The third-order valence-electron chi connectivity index (χ3n) is 4.96. The van der Waals surface area contributed by atoms with Gasteiger partial charge in [0, 0.05) is 17.1 Å². The van der Waals surface area contributed by atoms with Gasteiger partial charge in [0.25, 0.3) is 0 Å². The van der Waals surface area contributed by atoms with Gasteiger partial charge in [0.05, 0.1) is 37.8 Å². The van der Waals surface area contributed by atoms with Crippen LogP contribution in [0, 0.1) is 17.0 Å². The third kappa shape index (κ3) is 4.36. The van der Waals surface area contributed by atoms with E-state index in [1.165, 1.54) is 6.07 Å². The molecule has 0 aliphatic carbocycles. The third-order valence-corrected chi connectivity index (χ3v) is 4.96. The number of aliphatic hydroxyl groups is 1. The van der Waals surface area contributed by atoms with Crippen LogP contribution in [0.25, 0.3) is 22.4 Å². The normalized spacial score (nSPS) is 13.0. The van der Waals surface area contributed by atoms with E-state index in [9.17, 15) is 13.9 Å². The van der Waals surface area contributed by atoms with Gasteiger partial charge in [-0.1, -0.05) is 26.0 Å². The first-order chi connectivity index (χ1) is 14.7. The van der Waals surface area contributed by atoms with Crippen molar-refractivity contribution in [3.8, 4) is 11.4 Å². The molecule has 9 nitrogen and oxygen atoms in total. The second kappa shape index (κ2) is 7.99. The molecule has 4 aromatic heterocycles. The number of rotatable bonds is 6. The Morgan fingerprint density at radius 1 is 1.23 bits per heavy atom. The van der Waals surface area contributed by atoms with Gasteiger partial charge in [0.15, 0.2) is 17.5 Å². The number of hydrogen-bond donors (Lipinski definition) is 3. The van der Waals surface area contributed by atoms with E-state index in [-0.39, 0.29) is 29.7 Å². The highest BCUT2D eigenvalue weighted by molar-refractivity contribution is 5.91. The van der Waals surface area contributed by atoms with Gasteiger partial charge in [-0.15, -0.1) is 5.10 Å². The zero-order valence-electron chi connectivity index (χ0n) is 17.3. The van der Waals surface area contributed by atoms with Crippen LogP contribution in [0.1, 0.15) is 26.5 Å². The summed E-state index contributed by atoms with van der Waals surface area (Å²) in [6, 6.07) is 1.05. The molecule has 0 aliphatic rings. The fourth-order valence-electron chi connectivity index (χ4n) is 3.15. The summed E-state index contributed by atoms with van der Waals surface area (Å²) >= 11 is 0. The van der Waals surface area contributed by atoms with Crippen LogP contribution in [-0.2, 0) is 13.2 Å². The van der Waals surface area contributed by atoms with Crippen molar-refractivity contribution in [2.24, 2.45) is 5.41 Å². The number of aliphatic hydroxyl groups excluding tert-OH is 1. The Morgan fingerprint density at radius 2 is 2.03 bits per heavy atom. The van der Waals surface area contributed by atoms with E-state index in [1.54, 1.807) is 17.1 Å². The summed E-state index contributed by atoms with van der Waals surface area (Å²) in [5, 5.41) is 20.7. The van der Waals surface area contributed by atoms with Crippen molar-refractivity contribution < 1.29 is 13.9 Å². The highest BCUT2D eigenvalue weighted by Gasteiger charge is 2.27. The molecule has 0 fully saturated rings. The second-order valence-corrected chi connectivity index (χ2v) is 8.30. The molecule has 4 heterocycles. The van der Waals surface area contributed by atoms with Crippen LogP contribution in [0.5, 0.6) is 0 Å². The molecule has 0 saturated carbocycles. The van der Waals surface area contributed by atoms with Gasteiger partial charge in [-0.25, -0.2) is 23.7 Å². The molecule has 0 aromatic carbocycles. The number of aromatic amines is 1. The number of pyridine rings is 1. The largest absolute Gasteiger partial charge is 0.390 e. The minimum absolute atomic E-state index is 0.0196. The Morgan fingerprint density at radius 3 is 2.74 bits per heavy atom. The molecular formula is C20H22F2N8O. The maximum atomic E-state index is 14.6. The molecule has 1 unspecified atom stereocenters. The molecule has 0 amide bonds. The topological polar surface area (TPSA) is 117 Å². The smallest absolute Gasteiger partial charge is 0.183 e. The van der Waals surface area contributed by atoms with E-state index in [0.717, 1.165) is 12.4 Å². The molecule has 0 saturated heterocycles. The van der Waals surface area contributed by atoms with E-state index in [4.69, 9.17) is 0 Å². The van der Waals surface area contributed by atoms with Gasteiger partial charge in [-0.05, 0) is 11.5 Å². The van der Waals surface area contributed by atoms with E-state index < -0.39 is 11.6 Å². The SMILES string of the molecule is CC(C)(C)C(Cn1cc(CO)nn1)Nc1nc(-c2c[nH]c3ncc(F)cc23)ncc1F. The summed E-state index contributed by atoms with van der Waals surface area (Å²) in [7, 11) is 0. The molecule has 11 heteroatoms. The van der Waals surface area contributed by atoms with Crippen molar-refractivity contribution in [3.05, 3.63) is 48.2 Å². The van der Waals surface area contributed by atoms with Crippen LogP contribution in [-0.4, -0.2) is 46.1 Å². The van der Waals surface area contributed by atoms with Gasteiger partial charge in [-0.2, -0.15) is 0 Å². The molecule has 31 heavy (non-hydrogen) atoms. The average molecular weight is 428 g/mol. The van der Waals surface area contributed by atoms with Crippen LogP contribution < -0.4 is 5.32 Å². The molecule has 3 N–H and O–H groups in total. The van der Waals surface area contributed by atoms with Crippen LogP contribution >= 0.6 is 0 Å². The molecule has 162 valence electrons. The van der Waals surface area contributed by atoms with Crippen molar-refractivity contribution in [1.29, 1.82) is 0 Å². The predicted octanol–water partition coefficient (Wildman–Crippen LogP) is 2.91. The van der Waals surface area contributed by atoms with Crippen molar-refractivity contribution >= 4 is 16.9 Å². The summed E-state index contributed by atoms with van der Waals surface area (Å²) in [6.45, 7) is 6.17. The van der Waals surface area contributed by atoms with Gasteiger partial charge in [-0.3, -0.25) is 4.68 Å². The summed E-state index contributed by atoms with van der Waals surface area (Å²) in [4.78, 5) is 15.4. The first-order valence-electron chi connectivity index (χ1n) is 9.66. The van der Waals surface area contributed by atoms with Gasteiger partial charge < -0.3 is 15.4 Å². The van der Waals surface area contributed by atoms with Crippen molar-refractivity contribution in [1.82, 2.24) is 34.9 Å². The molecule has 4 aromatic rings. The number of nitrogens with one attached hydrogen (secondary N) is 2. The monoisotopic (exact) mass is 428 g/mol. The summed E-state index contributed by atoms with van der Waals surface area (Å²) in [5.41, 5.74) is 1.15. The van der Waals surface area contributed by atoms with Crippen LogP contribution in [0.4, 0.5) is 14.6 Å². The Bertz CT molecular complexity index is 1210. The minimum atomic E-state index is -0.614. The molecule has 0 radical (unpaired) electrons.